The molecule has 1 nitrogen and oxygen atoms in total. The van der Waals surface area contributed by atoms with E-state index in [9.17, 15) is 0 Å². The molecule has 1 heteroatoms. The number of nitrogens with one attached hydrogen (secondary N) is 1. The van der Waals surface area contributed by atoms with Crippen LogP contribution in [-0.2, 0) is 6.42 Å². The van der Waals surface area contributed by atoms with E-state index in [1.54, 1.807) is 0 Å². The second-order valence-electron chi connectivity index (χ2n) is 8.15. The van der Waals surface area contributed by atoms with Gasteiger partial charge in [0.1, 0.15) is 0 Å². The third-order valence-corrected chi connectivity index (χ3v) is 5.41. The molecule has 0 bridgehead atoms. The smallest absolute Gasteiger partial charge is 0.00208 e. The Balaban J connectivity index is 2.10. The fourth-order valence-electron chi connectivity index (χ4n) is 4.04. The molecule has 0 radical (unpaired) electrons. The third kappa shape index (κ3) is 4.57. The second-order valence-corrected chi connectivity index (χ2v) is 8.15. The third-order valence-electron chi connectivity index (χ3n) is 5.41. The summed E-state index contributed by atoms with van der Waals surface area (Å²) in [6, 6.07) is 9.09. The first-order valence-electron chi connectivity index (χ1n) is 8.60. The first kappa shape index (κ1) is 16.5. The van der Waals surface area contributed by atoms with E-state index in [4.69, 9.17) is 0 Å². The van der Waals surface area contributed by atoms with Crippen LogP contribution in [0.1, 0.15) is 51.2 Å². The van der Waals surface area contributed by atoms with Crippen LogP contribution in [0.5, 0.6) is 0 Å². The van der Waals surface area contributed by atoms with Gasteiger partial charge in [-0.25, -0.2) is 0 Å². The molecular formula is C20H33N. The van der Waals surface area contributed by atoms with E-state index in [1.165, 1.54) is 43.4 Å². The zero-order valence-corrected chi connectivity index (χ0v) is 14.6. The van der Waals surface area contributed by atoms with Gasteiger partial charge in [-0.15, -0.1) is 0 Å². The minimum Gasteiger partial charge on any atom is -0.319 e. The maximum atomic E-state index is 3.42. The normalized spacial score (nSPS) is 26.8. The van der Waals surface area contributed by atoms with Gasteiger partial charge < -0.3 is 5.32 Å². The molecule has 1 aliphatic carbocycles. The van der Waals surface area contributed by atoms with E-state index < -0.39 is 0 Å². The lowest BCUT2D eigenvalue weighted by Crippen LogP contribution is -2.36. The summed E-state index contributed by atoms with van der Waals surface area (Å²) in [5, 5.41) is 3.42. The van der Waals surface area contributed by atoms with Crippen molar-refractivity contribution in [3.63, 3.8) is 0 Å². The first-order chi connectivity index (χ1) is 9.90. The molecular weight excluding hydrogens is 254 g/mol. The van der Waals surface area contributed by atoms with Gasteiger partial charge in [0.25, 0.3) is 0 Å². The van der Waals surface area contributed by atoms with Crippen molar-refractivity contribution in [3.05, 3.63) is 35.4 Å². The molecule has 1 aromatic carbocycles. The van der Waals surface area contributed by atoms with Crippen LogP contribution in [0.15, 0.2) is 24.3 Å². The fourth-order valence-corrected chi connectivity index (χ4v) is 4.04. The zero-order valence-electron chi connectivity index (χ0n) is 14.6. The van der Waals surface area contributed by atoms with Gasteiger partial charge in [-0.1, -0.05) is 50.6 Å². The highest BCUT2D eigenvalue weighted by Crippen LogP contribution is 2.43. The Labute approximate surface area is 131 Å². The number of rotatable bonds is 4. The summed E-state index contributed by atoms with van der Waals surface area (Å²) in [7, 11) is 2.10. The number of benzene rings is 1. The van der Waals surface area contributed by atoms with Gasteiger partial charge in [0, 0.05) is 0 Å². The summed E-state index contributed by atoms with van der Waals surface area (Å²) in [6.07, 6.45) is 5.43. The molecule has 0 aromatic heterocycles. The summed E-state index contributed by atoms with van der Waals surface area (Å²) in [5.41, 5.74) is 3.37. The minimum atomic E-state index is 0.454. The molecule has 1 aliphatic rings. The van der Waals surface area contributed by atoms with Gasteiger partial charge in [-0.3, -0.25) is 0 Å². The van der Waals surface area contributed by atoms with Crippen LogP contribution in [0.25, 0.3) is 0 Å². The maximum absolute atomic E-state index is 3.42. The highest BCUT2D eigenvalue weighted by atomic mass is 14.8. The van der Waals surface area contributed by atoms with Crippen molar-refractivity contribution in [1.29, 1.82) is 0 Å². The molecule has 3 atom stereocenters. The first-order valence-corrected chi connectivity index (χ1v) is 8.60. The van der Waals surface area contributed by atoms with Gasteiger partial charge >= 0.3 is 0 Å². The monoisotopic (exact) mass is 287 g/mol. The fraction of sp³-hybridized carbons (Fsp3) is 0.700. The van der Waals surface area contributed by atoms with Crippen molar-refractivity contribution in [2.24, 2.45) is 23.2 Å². The van der Waals surface area contributed by atoms with Crippen molar-refractivity contribution < 1.29 is 0 Å². The average Bonchev–Trinajstić information content (AvgIpc) is 2.40. The van der Waals surface area contributed by atoms with Crippen molar-refractivity contribution in [1.82, 2.24) is 5.32 Å². The molecule has 1 aromatic rings. The van der Waals surface area contributed by atoms with Crippen LogP contribution in [0.3, 0.4) is 0 Å². The van der Waals surface area contributed by atoms with Gasteiger partial charge in [-0.05, 0) is 74.9 Å². The lowest BCUT2D eigenvalue weighted by Gasteiger charge is -2.42. The van der Waals surface area contributed by atoms with Gasteiger partial charge in [-0.2, -0.15) is 0 Å². The van der Waals surface area contributed by atoms with Gasteiger partial charge in [0.2, 0.25) is 0 Å². The number of aryl methyl sites for hydroxylation is 1. The average molecular weight is 287 g/mol. The van der Waals surface area contributed by atoms with Crippen LogP contribution in [0.2, 0.25) is 0 Å². The van der Waals surface area contributed by atoms with Crippen molar-refractivity contribution in [2.45, 2.75) is 53.4 Å². The standard InChI is InChI=1S/C20H33N/c1-15-7-6-8-16(11-15)12-18-13-19(20(2,3)4)10-9-17(18)14-21-5/h6-8,11,17-19,21H,9-10,12-14H2,1-5H3. The largest absolute Gasteiger partial charge is 0.319 e. The molecule has 0 amide bonds. The molecule has 0 spiro atoms. The predicted molar refractivity (Wildman–Crippen MR) is 92.6 cm³/mol. The van der Waals surface area contributed by atoms with Crippen LogP contribution in [0, 0.1) is 30.1 Å². The molecule has 0 aliphatic heterocycles. The Kier molecular flexibility index (Phi) is 5.48. The Hall–Kier alpha value is -0.820. The van der Waals surface area contributed by atoms with Crippen LogP contribution in [-0.4, -0.2) is 13.6 Å². The summed E-state index contributed by atoms with van der Waals surface area (Å²) in [5.74, 6) is 2.55. The SMILES string of the molecule is CNCC1CCC(C(C)(C)C)CC1Cc1cccc(C)c1. The van der Waals surface area contributed by atoms with Crippen LogP contribution in [0.4, 0.5) is 0 Å². The summed E-state index contributed by atoms with van der Waals surface area (Å²) in [4.78, 5) is 0. The van der Waals surface area contributed by atoms with E-state index in [-0.39, 0.29) is 0 Å². The van der Waals surface area contributed by atoms with E-state index in [0.29, 0.717) is 5.41 Å². The van der Waals surface area contributed by atoms with Crippen LogP contribution >= 0.6 is 0 Å². The Morgan fingerprint density at radius 3 is 2.52 bits per heavy atom. The quantitative estimate of drug-likeness (QED) is 0.836. The van der Waals surface area contributed by atoms with E-state index in [0.717, 1.165) is 17.8 Å². The summed E-state index contributed by atoms with van der Waals surface area (Å²) >= 11 is 0. The number of hydrogen-bond acceptors (Lipinski definition) is 1. The molecule has 118 valence electrons. The Morgan fingerprint density at radius 2 is 1.90 bits per heavy atom. The molecule has 2 rings (SSSR count). The Bertz CT molecular complexity index is 443. The van der Waals surface area contributed by atoms with Crippen molar-refractivity contribution >= 4 is 0 Å². The maximum Gasteiger partial charge on any atom is -0.00208 e. The molecule has 0 saturated heterocycles. The molecule has 3 unspecified atom stereocenters. The zero-order chi connectivity index (χ0) is 15.5. The number of hydrogen-bond donors (Lipinski definition) is 1. The summed E-state index contributed by atoms with van der Waals surface area (Å²) in [6.45, 7) is 10.6. The van der Waals surface area contributed by atoms with Crippen LogP contribution < -0.4 is 5.32 Å². The highest BCUT2D eigenvalue weighted by Gasteiger charge is 2.35. The highest BCUT2D eigenvalue weighted by molar-refractivity contribution is 5.22. The Morgan fingerprint density at radius 1 is 1.14 bits per heavy atom. The lowest BCUT2D eigenvalue weighted by atomic mass is 9.64. The van der Waals surface area contributed by atoms with E-state index in [1.807, 2.05) is 0 Å². The van der Waals surface area contributed by atoms with Gasteiger partial charge in [0.15, 0.2) is 0 Å². The minimum absolute atomic E-state index is 0.454. The lowest BCUT2D eigenvalue weighted by molar-refractivity contribution is 0.0980. The van der Waals surface area contributed by atoms with E-state index >= 15 is 0 Å². The van der Waals surface area contributed by atoms with Gasteiger partial charge in [0.05, 0.1) is 0 Å². The molecule has 1 fully saturated rings. The van der Waals surface area contributed by atoms with Crippen molar-refractivity contribution in [2.75, 3.05) is 13.6 Å². The topological polar surface area (TPSA) is 12.0 Å². The molecule has 21 heavy (non-hydrogen) atoms. The van der Waals surface area contributed by atoms with Crippen molar-refractivity contribution in [3.8, 4) is 0 Å². The summed E-state index contributed by atoms with van der Waals surface area (Å²) < 4.78 is 0. The molecule has 1 N–H and O–H groups in total. The second kappa shape index (κ2) is 6.96. The molecule has 1 saturated carbocycles. The predicted octanol–water partition coefficient (Wildman–Crippen LogP) is 4.84. The van der Waals surface area contributed by atoms with E-state index in [2.05, 4.69) is 64.3 Å². The molecule has 0 heterocycles.